The molecule has 0 spiro atoms. The van der Waals surface area contributed by atoms with Gasteiger partial charge in [-0.15, -0.1) is 0 Å². The smallest absolute Gasteiger partial charge is 0.251 e. The number of aliphatic hydroxyl groups excluding tert-OH is 1. The van der Waals surface area contributed by atoms with Crippen LogP contribution in [0, 0.1) is 31.3 Å². The molecule has 42 heavy (non-hydrogen) atoms. The number of nitrogens with zero attached hydrogens (tertiary/aromatic N) is 1. The molecule has 0 radical (unpaired) electrons. The van der Waals surface area contributed by atoms with E-state index < -0.39 is 41.5 Å². The molecule has 0 aliphatic carbocycles. The molecule has 1 aliphatic heterocycles. The van der Waals surface area contributed by atoms with Crippen molar-refractivity contribution in [1.29, 1.82) is 0 Å². The Kier molecular flexibility index (Phi) is 8.11. The zero-order chi connectivity index (χ0) is 30.1. The summed E-state index contributed by atoms with van der Waals surface area (Å²) in [7, 11) is 0. The Bertz CT molecular complexity index is 1670. The highest BCUT2D eigenvalue weighted by molar-refractivity contribution is 6.03. The van der Waals surface area contributed by atoms with Crippen LogP contribution in [0.1, 0.15) is 56.7 Å². The number of carbonyl (C=O) groups is 2. The minimum atomic E-state index is -1.24. The first-order valence-electron chi connectivity index (χ1n) is 13.4. The van der Waals surface area contributed by atoms with Crippen LogP contribution in [0.5, 0.6) is 0 Å². The molecule has 216 valence electrons. The molecule has 2 unspecified atom stereocenters. The minimum absolute atomic E-state index is 0.00525. The topological polar surface area (TPSA) is 117 Å². The molecule has 7 nitrogen and oxygen atoms in total. The van der Waals surface area contributed by atoms with Gasteiger partial charge in [-0.3, -0.25) is 19.9 Å². The first-order chi connectivity index (χ1) is 20.0. The van der Waals surface area contributed by atoms with Gasteiger partial charge in [-0.1, -0.05) is 29.8 Å². The lowest BCUT2D eigenvalue weighted by atomic mass is 9.92. The van der Waals surface area contributed by atoms with Gasteiger partial charge in [-0.05, 0) is 72.9 Å². The summed E-state index contributed by atoms with van der Waals surface area (Å²) < 4.78 is 42.5. The first-order valence-corrected chi connectivity index (χ1v) is 13.4. The molecule has 2 heterocycles. The molecule has 3 aromatic carbocycles. The zero-order valence-corrected chi connectivity index (χ0v) is 22.9. The third kappa shape index (κ3) is 6.05. The molecule has 1 aromatic heterocycles. The van der Waals surface area contributed by atoms with E-state index in [0.717, 1.165) is 34.5 Å². The Labute approximate surface area is 240 Å². The third-order valence-corrected chi connectivity index (χ3v) is 7.38. The molecule has 2 amide bonds. The molecule has 10 heteroatoms. The molecule has 0 fully saturated rings. The zero-order valence-electron chi connectivity index (χ0n) is 22.9. The van der Waals surface area contributed by atoms with Crippen LogP contribution < -0.4 is 16.4 Å². The number of hydrogen-bond donors (Lipinski definition) is 4. The number of primary amides is 1. The average molecular weight is 575 g/mol. The highest BCUT2D eigenvalue weighted by atomic mass is 19.1. The SMILES string of the molecule is Cc1cc(C)c2c(c1)C(CC(O)N[C@@H](Cc1cc(F)cc(F)c1)c1ncccc1-c1ccc(F)c(C(N)=O)c1)C(=O)N2. The number of fused-ring (bicyclic) bond motifs is 1. The number of nitrogens with one attached hydrogen (secondary N) is 2. The van der Waals surface area contributed by atoms with Crippen molar-refractivity contribution in [2.24, 2.45) is 5.73 Å². The van der Waals surface area contributed by atoms with Crippen LogP contribution in [-0.4, -0.2) is 28.1 Å². The van der Waals surface area contributed by atoms with Crippen molar-refractivity contribution in [3.05, 3.63) is 118 Å². The Hall–Kier alpha value is -4.54. The van der Waals surface area contributed by atoms with Gasteiger partial charge in [0.1, 0.15) is 23.7 Å². The van der Waals surface area contributed by atoms with Crippen LogP contribution in [0.25, 0.3) is 11.1 Å². The lowest BCUT2D eigenvalue weighted by molar-refractivity contribution is -0.117. The number of anilines is 1. The van der Waals surface area contributed by atoms with Crippen molar-refractivity contribution in [3.63, 3.8) is 0 Å². The van der Waals surface area contributed by atoms with Gasteiger partial charge in [0.05, 0.1) is 23.2 Å². The number of hydrogen-bond acceptors (Lipinski definition) is 5. The van der Waals surface area contributed by atoms with E-state index in [1.165, 1.54) is 30.5 Å². The van der Waals surface area contributed by atoms with Crippen LogP contribution >= 0.6 is 0 Å². The average Bonchev–Trinajstić information content (AvgIpc) is 3.23. The van der Waals surface area contributed by atoms with Gasteiger partial charge in [0.15, 0.2) is 0 Å². The predicted molar refractivity (Wildman–Crippen MR) is 152 cm³/mol. The summed E-state index contributed by atoms with van der Waals surface area (Å²) in [5, 5.41) is 17.2. The van der Waals surface area contributed by atoms with Crippen LogP contribution in [0.4, 0.5) is 18.9 Å². The molecule has 0 saturated carbocycles. The van der Waals surface area contributed by atoms with Gasteiger partial charge >= 0.3 is 0 Å². The fraction of sp³-hybridized carbons (Fsp3) is 0.219. The molecule has 1 aliphatic rings. The van der Waals surface area contributed by atoms with Gasteiger partial charge in [0.25, 0.3) is 5.91 Å². The van der Waals surface area contributed by atoms with Gasteiger partial charge in [-0.2, -0.15) is 0 Å². The van der Waals surface area contributed by atoms with Crippen molar-refractivity contribution in [3.8, 4) is 11.1 Å². The highest BCUT2D eigenvalue weighted by Gasteiger charge is 2.34. The molecule has 3 atom stereocenters. The van der Waals surface area contributed by atoms with Crippen LogP contribution in [-0.2, 0) is 11.2 Å². The van der Waals surface area contributed by atoms with Gasteiger partial charge in [0, 0.05) is 29.9 Å². The monoisotopic (exact) mass is 574 g/mol. The van der Waals surface area contributed by atoms with Crippen LogP contribution in [0.3, 0.4) is 0 Å². The highest BCUT2D eigenvalue weighted by Crippen LogP contribution is 2.39. The maximum absolute atomic E-state index is 14.2. The summed E-state index contributed by atoms with van der Waals surface area (Å²) in [6.45, 7) is 3.83. The second-order valence-electron chi connectivity index (χ2n) is 10.5. The molecule has 4 aromatic rings. The van der Waals surface area contributed by atoms with Gasteiger partial charge < -0.3 is 16.2 Å². The lowest BCUT2D eigenvalue weighted by Gasteiger charge is -2.26. The van der Waals surface area contributed by atoms with Crippen molar-refractivity contribution >= 4 is 17.5 Å². The summed E-state index contributed by atoms with van der Waals surface area (Å²) in [6.07, 6.45) is 0.294. The molecule has 5 N–H and O–H groups in total. The van der Waals surface area contributed by atoms with Gasteiger partial charge in [0.2, 0.25) is 5.91 Å². The van der Waals surface area contributed by atoms with E-state index in [4.69, 9.17) is 5.73 Å². The number of amides is 2. The normalized spacial score (nSPS) is 15.7. The fourth-order valence-corrected chi connectivity index (χ4v) is 5.58. The summed E-state index contributed by atoms with van der Waals surface area (Å²) >= 11 is 0. The fourth-order valence-electron chi connectivity index (χ4n) is 5.58. The number of benzene rings is 3. The largest absolute Gasteiger partial charge is 0.379 e. The van der Waals surface area contributed by atoms with Crippen LogP contribution in [0.15, 0.2) is 66.9 Å². The van der Waals surface area contributed by atoms with E-state index in [0.29, 0.717) is 22.4 Å². The molecular formula is C32H29F3N4O3. The Morgan fingerprint density at radius 3 is 2.52 bits per heavy atom. The Balaban J connectivity index is 1.51. The molecule has 5 rings (SSSR count). The standard InChI is InChI=1S/C32H29F3N4O3/c1-16-8-17(2)29-23(9-16)24(32(42)39-29)15-28(40)38-27(12-18-10-20(33)14-21(34)11-18)30-22(4-3-7-37-30)19-5-6-26(35)25(13-19)31(36)41/h3-11,13-14,24,27-28,38,40H,12,15H2,1-2H3,(H2,36,41)(H,39,42)/t24?,27-,28?/m0/s1. The second-order valence-corrected chi connectivity index (χ2v) is 10.5. The number of pyridine rings is 1. The Morgan fingerprint density at radius 1 is 1.07 bits per heavy atom. The van der Waals surface area contributed by atoms with Crippen molar-refractivity contribution in [2.75, 3.05) is 5.32 Å². The van der Waals surface area contributed by atoms with E-state index in [9.17, 15) is 27.9 Å². The van der Waals surface area contributed by atoms with E-state index in [2.05, 4.69) is 15.6 Å². The molecule has 0 saturated heterocycles. The predicted octanol–water partition coefficient (Wildman–Crippen LogP) is 5.20. The first kappa shape index (κ1) is 29.0. The number of aromatic nitrogens is 1. The van der Waals surface area contributed by atoms with E-state index in [1.54, 1.807) is 12.1 Å². The summed E-state index contributed by atoms with van der Waals surface area (Å²) in [5.41, 5.74) is 10.0. The lowest BCUT2D eigenvalue weighted by Crippen LogP contribution is -2.36. The minimum Gasteiger partial charge on any atom is -0.379 e. The second kappa shape index (κ2) is 11.8. The number of halogens is 3. The third-order valence-electron chi connectivity index (χ3n) is 7.38. The van der Waals surface area contributed by atoms with Crippen LogP contribution in [0.2, 0.25) is 0 Å². The van der Waals surface area contributed by atoms with Crippen molar-refractivity contribution < 1.29 is 27.9 Å². The maximum atomic E-state index is 14.2. The quantitative estimate of drug-likeness (QED) is 0.205. The summed E-state index contributed by atoms with van der Waals surface area (Å²) in [6, 6.07) is 13.4. The van der Waals surface area contributed by atoms with E-state index >= 15 is 0 Å². The number of carbonyl (C=O) groups excluding carboxylic acids is 2. The number of rotatable bonds is 9. The summed E-state index contributed by atoms with van der Waals surface area (Å²) in [5.74, 6) is -4.13. The van der Waals surface area contributed by atoms with Crippen molar-refractivity contribution in [1.82, 2.24) is 10.3 Å². The Morgan fingerprint density at radius 2 is 1.81 bits per heavy atom. The van der Waals surface area contributed by atoms with E-state index in [1.807, 2.05) is 26.0 Å². The van der Waals surface area contributed by atoms with E-state index in [-0.39, 0.29) is 24.3 Å². The number of aryl methyl sites for hydroxylation is 2. The molecular weight excluding hydrogens is 545 g/mol. The molecule has 0 bridgehead atoms. The van der Waals surface area contributed by atoms with Gasteiger partial charge in [-0.25, -0.2) is 13.2 Å². The number of nitrogens with two attached hydrogens (primary N) is 1. The summed E-state index contributed by atoms with van der Waals surface area (Å²) in [4.78, 5) is 29.2. The maximum Gasteiger partial charge on any atom is 0.251 e. The number of aliphatic hydroxyl groups is 1. The van der Waals surface area contributed by atoms with Crippen molar-refractivity contribution in [2.45, 2.75) is 44.9 Å².